The van der Waals surface area contributed by atoms with Crippen LogP contribution in [-0.4, -0.2) is 37.7 Å². The number of hydrogen-bond donors (Lipinski definition) is 0. The molecule has 0 amide bonds. The van der Waals surface area contributed by atoms with Crippen LogP contribution in [0.25, 0.3) is 0 Å². The Morgan fingerprint density at radius 3 is 1.80 bits per heavy atom. The molecular formula is C6H11LiO3. The van der Waals surface area contributed by atoms with Gasteiger partial charge in [0, 0.05) is 5.92 Å². The molecule has 0 aliphatic rings. The summed E-state index contributed by atoms with van der Waals surface area (Å²) in [5.41, 5.74) is 0. The molecular weight excluding hydrogens is 127 g/mol. The van der Waals surface area contributed by atoms with Crippen LogP contribution in [0.2, 0.25) is 0 Å². The van der Waals surface area contributed by atoms with Gasteiger partial charge in [0.05, 0.1) is 7.11 Å². The third-order valence-electron chi connectivity index (χ3n) is 0.911. The third kappa shape index (κ3) is 3.70. The first-order valence-electron chi connectivity index (χ1n) is 2.71. The second-order valence-corrected chi connectivity index (χ2v) is 2.01. The van der Waals surface area contributed by atoms with Crippen molar-refractivity contribution in [3.8, 4) is 0 Å². The van der Waals surface area contributed by atoms with Gasteiger partial charge in [0.25, 0.3) is 0 Å². The molecule has 0 bridgehead atoms. The van der Waals surface area contributed by atoms with Crippen LogP contribution in [-0.2, 0) is 14.3 Å². The molecule has 4 heteroatoms. The van der Waals surface area contributed by atoms with Crippen LogP contribution in [0.3, 0.4) is 0 Å². The zero-order chi connectivity index (χ0) is 7.44. The number of rotatable bonds is 2. The van der Waals surface area contributed by atoms with Gasteiger partial charge in [-0.2, -0.15) is 0 Å². The van der Waals surface area contributed by atoms with Gasteiger partial charge in [0.15, 0.2) is 0 Å². The molecule has 0 heterocycles. The predicted molar refractivity (Wildman–Crippen MR) is 39.0 cm³/mol. The molecule has 10 heavy (non-hydrogen) atoms. The van der Waals surface area contributed by atoms with Crippen molar-refractivity contribution in [3.05, 3.63) is 0 Å². The van der Waals surface area contributed by atoms with Crippen molar-refractivity contribution in [3.63, 3.8) is 0 Å². The molecule has 0 aliphatic carbocycles. The number of carbonyl (C=O) groups is 2. The zero-order valence-corrected chi connectivity index (χ0v) is 5.80. The van der Waals surface area contributed by atoms with Gasteiger partial charge in [0.2, 0.25) is 5.78 Å². The fourth-order valence-corrected chi connectivity index (χ4v) is 0.336. The molecule has 0 aromatic rings. The molecule has 0 aromatic heterocycles. The van der Waals surface area contributed by atoms with E-state index in [0.717, 1.165) is 0 Å². The summed E-state index contributed by atoms with van der Waals surface area (Å²) in [7, 11) is 1.20. The Balaban J connectivity index is 0. The Morgan fingerprint density at radius 1 is 1.30 bits per heavy atom. The summed E-state index contributed by atoms with van der Waals surface area (Å²) in [4.78, 5) is 21.0. The number of hydrogen-bond acceptors (Lipinski definition) is 3. The van der Waals surface area contributed by atoms with Crippen molar-refractivity contribution in [2.75, 3.05) is 7.11 Å². The van der Waals surface area contributed by atoms with Crippen LogP contribution >= 0.6 is 0 Å². The first-order chi connectivity index (χ1) is 4.09. The number of Topliss-reactive ketones (excluding diaryl/α,β-unsaturated/α-hetero) is 1. The molecule has 0 aromatic carbocycles. The summed E-state index contributed by atoms with van der Waals surface area (Å²) in [6.45, 7) is 3.30. The number of methoxy groups -OCH3 is 1. The molecule has 0 radical (unpaired) electrons. The molecule has 0 rings (SSSR count). The van der Waals surface area contributed by atoms with E-state index in [4.69, 9.17) is 0 Å². The fraction of sp³-hybridized carbons (Fsp3) is 0.667. The van der Waals surface area contributed by atoms with Crippen molar-refractivity contribution in [1.29, 1.82) is 0 Å². The summed E-state index contributed by atoms with van der Waals surface area (Å²) < 4.78 is 4.18. The van der Waals surface area contributed by atoms with Crippen molar-refractivity contribution < 1.29 is 14.3 Å². The van der Waals surface area contributed by atoms with E-state index in [0.29, 0.717) is 0 Å². The Kier molecular flexibility index (Phi) is 6.85. The number of ketones is 1. The summed E-state index contributed by atoms with van der Waals surface area (Å²) in [6, 6.07) is 0. The predicted octanol–water partition coefficient (Wildman–Crippen LogP) is -0.264. The molecule has 0 N–H and O–H groups in total. The molecule has 0 spiro atoms. The molecule has 0 saturated heterocycles. The molecule has 0 saturated carbocycles. The van der Waals surface area contributed by atoms with Crippen molar-refractivity contribution in [1.82, 2.24) is 0 Å². The average Bonchev–Trinajstić information content (AvgIpc) is 1.84. The molecule has 0 fully saturated rings. The topological polar surface area (TPSA) is 43.4 Å². The number of esters is 1. The first-order valence-corrected chi connectivity index (χ1v) is 2.71. The molecule has 3 nitrogen and oxygen atoms in total. The molecule has 0 atom stereocenters. The van der Waals surface area contributed by atoms with Gasteiger partial charge in [-0.15, -0.1) is 0 Å². The van der Waals surface area contributed by atoms with Crippen molar-refractivity contribution in [2.45, 2.75) is 13.8 Å². The Hall–Kier alpha value is -0.263. The maximum atomic E-state index is 10.6. The summed E-state index contributed by atoms with van der Waals surface area (Å²) in [5.74, 6) is -1.50. The third-order valence-corrected chi connectivity index (χ3v) is 0.911. The van der Waals surface area contributed by atoms with Crippen LogP contribution in [0.1, 0.15) is 13.8 Å². The van der Waals surface area contributed by atoms with Crippen LogP contribution < -0.4 is 0 Å². The van der Waals surface area contributed by atoms with Crippen molar-refractivity contribution in [2.24, 2.45) is 5.92 Å². The van der Waals surface area contributed by atoms with Crippen LogP contribution in [0.15, 0.2) is 0 Å². The van der Waals surface area contributed by atoms with Gasteiger partial charge in [-0.1, -0.05) is 13.8 Å². The van der Waals surface area contributed by atoms with Gasteiger partial charge in [0.1, 0.15) is 0 Å². The summed E-state index contributed by atoms with van der Waals surface area (Å²) >= 11 is 0. The Labute approximate surface area is 72.3 Å². The van der Waals surface area contributed by atoms with E-state index in [-0.39, 0.29) is 24.8 Å². The van der Waals surface area contributed by atoms with E-state index in [1.807, 2.05) is 0 Å². The molecule has 0 unspecified atom stereocenters. The van der Waals surface area contributed by atoms with E-state index < -0.39 is 11.8 Å². The van der Waals surface area contributed by atoms with Gasteiger partial charge >= 0.3 is 24.8 Å². The normalized spacial score (nSPS) is 8.40. The number of ether oxygens (including phenoxy) is 1. The SMILES string of the molecule is COC(=O)C(=O)C(C)C.[LiH]. The van der Waals surface area contributed by atoms with Gasteiger partial charge in [-0.25, -0.2) is 4.79 Å². The van der Waals surface area contributed by atoms with Crippen LogP contribution in [0.4, 0.5) is 0 Å². The van der Waals surface area contributed by atoms with Gasteiger partial charge in [-0.3, -0.25) is 4.79 Å². The van der Waals surface area contributed by atoms with E-state index in [9.17, 15) is 9.59 Å². The van der Waals surface area contributed by atoms with E-state index in [1.54, 1.807) is 13.8 Å². The molecule has 0 aliphatic heterocycles. The van der Waals surface area contributed by atoms with Gasteiger partial charge < -0.3 is 4.74 Å². The average molecular weight is 138 g/mol. The first kappa shape index (κ1) is 12.4. The van der Waals surface area contributed by atoms with Crippen LogP contribution in [0.5, 0.6) is 0 Å². The Morgan fingerprint density at radius 2 is 1.70 bits per heavy atom. The number of carbonyl (C=O) groups excluding carboxylic acids is 2. The van der Waals surface area contributed by atoms with Crippen molar-refractivity contribution >= 4 is 30.6 Å². The summed E-state index contributed by atoms with van der Waals surface area (Å²) in [6.07, 6.45) is 0. The van der Waals surface area contributed by atoms with E-state index in [2.05, 4.69) is 4.74 Å². The zero-order valence-electron chi connectivity index (χ0n) is 5.80. The minimum absolute atomic E-state index is 0. The maximum absolute atomic E-state index is 10.6. The monoisotopic (exact) mass is 138 g/mol. The van der Waals surface area contributed by atoms with Crippen LogP contribution in [0, 0.1) is 5.92 Å². The minimum atomic E-state index is -0.759. The second-order valence-electron chi connectivity index (χ2n) is 2.01. The fourth-order valence-electron chi connectivity index (χ4n) is 0.336. The second kappa shape index (κ2) is 5.52. The summed E-state index contributed by atoms with van der Waals surface area (Å²) in [5, 5.41) is 0. The van der Waals surface area contributed by atoms with E-state index in [1.165, 1.54) is 7.11 Å². The quantitative estimate of drug-likeness (QED) is 0.300. The Bertz CT molecular complexity index is 131. The van der Waals surface area contributed by atoms with E-state index >= 15 is 0 Å². The molecule has 54 valence electrons. The van der Waals surface area contributed by atoms with Gasteiger partial charge in [-0.05, 0) is 0 Å². The standard InChI is InChI=1S/C6H10O3.Li.H/c1-4(2)5(7)6(8)9-3;;/h4H,1-3H3;;.